The van der Waals surface area contributed by atoms with E-state index >= 15 is 0 Å². The molecule has 9 nitrogen and oxygen atoms in total. The van der Waals surface area contributed by atoms with Gasteiger partial charge in [0.1, 0.15) is 23.4 Å². The quantitative estimate of drug-likeness (QED) is 0.581. The molecule has 3 aromatic heterocycles. The highest BCUT2D eigenvalue weighted by atomic mass is 16.5. The van der Waals surface area contributed by atoms with Crippen molar-refractivity contribution < 1.29 is 14.1 Å². The van der Waals surface area contributed by atoms with Crippen molar-refractivity contribution in [3.8, 4) is 17.4 Å². The average molecular weight is 362 g/mol. The predicted octanol–water partition coefficient (Wildman–Crippen LogP) is 3.00. The lowest BCUT2D eigenvalue weighted by atomic mass is 10.2. The number of nitrogens with one attached hydrogen (secondary N) is 1. The molecule has 4 aromatic rings. The van der Waals surface area contributed by atoms with Crippen molar-refractivity contribution >= 4 is 11.6 Å². The maximum atomic E-state index is 12.2. The van der Waals surface area contributed by atoms with Crippen molar-refractivity contribution in [3.63, 3.8) is 0 Å². The van der Waals surface area contributed by atoms with Gasteiger partial charge in [-0.3, -0.25) is 4.79 Å². The molecule has 0 bridgehead atoms. The summed E-state index contributed by atoms with van der Waals surface area (Å²) in [7, 11) is 0. The van der Waals surface area contributed by atoms with E-state index in [1.54, 1.807) is 60.4 Å². The number of ether oxygens (including phenoxy) is 1. The smallest absolute Gasteiger partial charge is 0.260 e. The molecule has 0 saturated heterocycles. The Morgan fingerprint density at radius 3 is 2.78 bits per heavy atom. The zero-order chi connectivity index (χ0) is 18.6. The first-order valence-corrected chi connectivity index (χ1v) is 8.01. The summed E-state index contributed by atoms with van der Waals surface area (Å²) in [5.74, 6) is 1.72. The molecule has 0 aliphatic carbocycles. The van der Waals surface area contributed by atoms with Crippen molar-refractivity contribution in [2.45, 2.75) is 6.92 Å². The predicted molar refractivity (Wildman–Crippen MR) is 94.9 cm³/mol. The van der Waals surface area contributed by atoms with Gasteiger partial charge in [0.2, 0.25) is 5.88 Å². The van der Waals surface area contributed by atoms with E-state index in [-0.39, 0.29) is 5.91 Å². The van der Waals surface area contributed by atoms with Gasteiger partial charge in [-0.25, -0.2) is 14.6 Å². The van der Waals surface area contributed by atoms with Gasteiger partial charge in [0.15, 0.2) is 5.82 Å². The van der Waals surface area contributed by atoms with Gasteiger partial charge in [0.05, 0.1) is 6.20 Å². The van der Waals surface area contributed by atoms with Crippen LogP contribution in [0.15, 0.2) is 65.8 Å². The fourth-order valence-corrected chi connectivity index (χ4v) is 2.36. The van der Waals surface area contributed by atoms with Gasteiger partial charge >= 0.3 is 0 Å². The maximum absolute atomic E-state index is 12.2. The fraction of sp³-hybridized carbons (Fsp3) is 0.0556. The van der Waals surface area contributed by atoms with Gasteiger partial charge in [-0.1, -0.05) is 5.16 Å². The van der Waals surface area contributed by atoms with Gasteiger partial charge in [-0.2, -0.15) is 5.10 Å². The maximum Gasteiger partial charge on any atom is 0.260 e. The van der Waals surface area contributed by atoms with E-state index in [2.05, 4.69) is 25.5 Å². The molecule has 134 valence electrons. The Kier molecular flexibility index (Phi) is 4.32. The van der Waals surface area contributed by atoms with Crippen LogP contribution in [-0.4, -0.2) is 30.8 Å². The second-order valence-electron chi connectivity index (χ2n) is 5.54. The zero-order valence-corrected chi connectivity index (χ0v) is 14.2. The first-order valence-electron chi connectivity index (χ1n) is 8.01. The van der Waals surface area contributed by atoms with Crippen LogP contribution in [0.3, 0.4) is 0 Å². The lowest BCUT2D eigenvalue weighted by molar-refractivity contribution is 0.102. The molecule has 4 rings (SSSR count). The van der Waals surface area contributed by atoms with Crippen LogP contribution < -0.4 is 10.1 Å². The van der Waals surface area contributed by atoms with E-state index in [4.69, 9.17) is 9.26 Å². The molecule has 27 heavy (non-hydrogen) atoms. The van der Waals surface area contributed by atoms with Crippen molar-refractivity contribution in [1.29, 1.82) is 0 Å². The number of carbonyl (C=O) groups is 1. The standard InChI is InChI=1S/C18H14N6O3/c1-12-15(10-22-27-12)18(25)23-13-3-5-14(6-4-13)26-17-9-16(19-11-20-17)24-8-2-7-21-24/h2-11H,1H3,(H,23,25). The van der Waals surface area contributed by atoms with E-state index in [1.807, 2.05) is 0 Å². The molecule has 1 amide bonds. The second-order valence-corrected chi connectivity index (χ2v) is 5.54. The SMILES string of the molecule is Cc1oncc1C(=O)Nc1ccc(Oc2cc(-n3cccn3)ncn2)cc1. The molecule has 0 unspecified atom stereocenters. The molecule has 1 aromatic carbocycles. The monoisotopic (exact) mass is 362 g/mol. The molecule has 0 saturated carbocycles. The Morgan fingerprint density at radius 1 is 1.22 bits per heavy atom. The minimum absolute atomic E-state index is 0.290. The number of hydrogen-bond acceptors (Lipinski definition) is 7. The molecule has 0 aliphatic rings. The van der Waals surface area contributed by atoms with E-state index in [9.17, 15) is 4.79 Å². The lowest BCUT2D eigenvalue weighted by Gasteiger charge is -2.08. The third-order valence-corrected chi connectivity index (χ3v) is 3.70. The van der Waals surface area contributed by atoms with Crippen LogP contribution in [0.5, 0.6) is 11.6 Å². The Hall–Kier alpha value is -4.01. The van der Waals surface area contributed by atoms with Crippen LogP contribution in [0, 0.1) is 6.92 Å². The first-order chi connectivity index (χ1) is 13.2. The number of carbonyl (C=O) groups excluding carboxylic acids is 1. The summed E-state index contributed by atoms with van der Waals surface area (Å²) in [5, 5.41) is 10.5. The van der Waals surface area contributed by atoms with Gasteiger partial charge in [0, 0.05) is 24.1 Å². The van der Waals surface area contributed by atoms with Gasteiger partial charge in [-0.05, 0) is 37.3 Å². The van der Waals surface area contributed by atoms with E-state index in [0.717, 1.165) is 0 Å². The minimum atomic E-state index is -0.290. The summed E-state index contributed by atoms with van der Waals surface area (Å²) in [4.78, 5) is 20.4. The van der Waals surface area contributed by atoms with Gasteiger partial charge < -0.3 is 14.6 Å². The summed E-state index contributed by atoms with van der Waals surface area (Å²) in [6, 6.07) is 10.4. The van der Waals surface area contributed by atoms with Crippen molar-refractivity contribution in [3.05, 3.63) is 72.6 Å². The lowest BCUT2D eigenvalue weighted by Crippen LogP contribution is -2.11. The van der Waals surface area contributed by atoms with E-state index in [1.165, 1.54) is 12.5 Å². The van der Waals surface area contributed by atoms with Gasteiger partial charge in [0.25, 0.3) is 5.91 Å². The van der Waals surface area contributed by atoms with E-state index in [0.29, 0.717) is 34.5 Å². The molecular weight excluding hydrogens is 348 g/mol. The van der Waals surface area contributed by atoms with Crippen LogP contribution >= 0.6 is 0 Å². The topological polar surface area (TPSA) is 108 Å². The fourth-order valence-electron chi connectivity index (χ4n) is 2.36. The molecule has 9 heteroatoms. The van der Waals surface area contributed by atoms with E-state index < -0.39 is 0 Å². The third-order valence-electron chi connectivity index (χ3n) is 3.70. The number of aromatic nitrogens is 5. The summed E-state index contributed by atoms with van der Waals surface area (Å²) in [6.45, 7) is 1.68. The molecule has 1 N–H and O–H groups in total. The normalized spacial score (nSPS) is 10.6. The third kappa shape index (κ3) is 3.66. The first kappa shape index (κ1) is 16.5. The Morgan fingerprint density at radius 2 is 2.07 bits per heavy atom. The summed E-state index contributed by atoms with van der Waals surface area (Å²) in [6.07, 6.45) is 6.23. The second kappa shape index (κ2) is 7.08. The average Bonchev–Trinajstić information content (AvgIpc) is 3.35. The summed E-state index contributed by atoms with van der Waals surface area (Å²) in [5.41, 5.74) is 1.01. The summed E-state index contributed by atoms with van der Waals surface area (Å²) < 4.78 is 12.2. The van der Waals surface area contributed by atoms with Crippen LogP contribution in [-0.2, 0) is 0 Å². The number of rotatable bonds is 5. The highest BCUT2D eigenvalue weighted by molar-refractivity contribution is 6.04. The number of benzene rings is 1. The number of amides is 1. The van der Waals surface area contributed by atoms with Crippen LogP contribution in [0.25, 0.3) is 5.82 Å². The highest BCUT2D eigenvalue weighted by Crippen LogP contribution is 2.22. The molecule has 0 fully saturated rings. The summed E-state index contributed by atoms with van der Waals surface area (Å²) >= 11 is 0. The van der Waals surface area contributed by atoms with Crippen LogP contribution in [0.1, 0.15) is 16.1 Å². The Balaban J connectivity index is 1.45. The van der Waals surface area contributed by atoms with Crippen molar-refractivity contribution in [1.82, 2.24) is 24.9 Å². The van der Waals surface area contributed by atoms with Crippen molar-refractivity contribution in [2.24, 2.45) is 0 Å². The molecule has 0 spiro atoms. The molecular formula is C18H14N6O3. The Bertz CT molecular complexity index is 1060. The molecule has 3 heterocycles. The minimum Gasteiger partial charge on any atom is -0.439 e. The van der Waals surface area contributed by atoms with Crippen LogP contribution in [0.4, 0.5) is 5.69 Å². The largest absolute Gasteiger partial charge is 0.439 e. The number of hydrogen-bond donors (Lipinski definition) is 1. The van der Waals surface area contributed by atoms with Crippen LogP contribution in [0.2, 0.25) is 0 Å². The molecule has 0 aliphatic heterocycles. The Labute approximate surface area is 153 Å². The highest BCUT2D eigenvalue weighted by Gasteiger charge is 2.13. The molecule has 0 radical (unpaired) electrons. The molecule has 0 atom stereocenters. The number of aryl methyl sites for hydroxylation is 1. The van der Waals surface area contributed by atoms with Gasteiger partial charge in [-0.15, -0.1) is 0 Å². The van der Waals surface area contributed by atoms with Crippen molar-refractivity contribution in [2.75, 3.05) is 5.32 Å². The number of anilines is 1. The number of nitrogens with zero attached hydrogens (tertiary/aromatic N) is 5. The zero-order valence-electron chi connectivity index (χ0n) is 14.2.